The van der Waals surface area contributed by atoms with Gasteiger partial charge in [0.25, 0.3) is 0 Å². The lowest BCUT2D eigenvalue weighted by molar-refractivity contribution is 0.868. The van der Waals surface area contributed by atoms with E-state index in [2.05, 4.69) is 62.3 Å². The summed E-state index contributed by atoms with van der Waals surface area (Å²) in [6.45, 7) is 8.66. The van der Waals surface area contributed by atoms with Crippen molar-refractivity contribution in [3.8, 4) is 0 Å². The van der Waals surface area contributed by atoms with E-state index in [1.54, 1.807) is 0 Å². The fraction of sp³-hybridized carbons (Fsp3) is 0.400. The molecule has 0 atom stereocenters. The predicted octanol–water partition coefficient (Wildman–Crippen LogP) is 4.18. The number of nitrogens with one attached hydrogen (secondary N) is 1. The maximum atomic E-state index is 4.44. The second-order valence-corrected chi connectivity index (χ2v) is 5.13. The highest BCUT2D eigenvalue weighted by Gasteiger charge is 2.03. The van der Waals surface area contributed by atoms with Gasteiger partial charge in [-0.05, 0) is 42.8 Å². The molecule has 0 spiro atoms. The Kier molecular flexibility index (Phi) is 3.32. The Hall–Kier alpha value is -1.57. The lowest BCUT2D eigenvalue weighted by Crippen LogP contribution is -2.10. The van der Waals surface area contributed by atoms with E-state index in [9.17, 15) is 0 Å². The van der Waals surface area contributed by atoms with E-state index in [0.717, 1.165) is 5.82 Å². The van der Waals surface area contributed by atoms with Gasteiger partial charge in [-0.25, -0.2) is 4.98 Å². The zero-order valence-corrected chi connectivity index (χ0v) is 11.0. The maximum Gasteiger partial charge on any atom is 0.126 e. The van der Waals surface area contributed by atoms with Crippen LogP contribution >= 0.6 is 0 Å². The molecule has 1 heterocycles. The third-order valence-corrected chi connectivity index (χ3v) is 2.85. The second-order valence-electron chi connectivity index (χ2n) is 5.13. The van der Waals surface area contributed by atoms with Gasteiger partial charge in [-0.15, -0.1) is 0 Å². The summed E-state index contributed by atoms with van der Waals surface area (Å²) in [7, 11) is 0. The number of nitrogens with zero attached hydrogens (tertiary/aromatic N) is 1. The van der Waals surface area contributed by atoms with Crippen LogP contribution in [0, 0.1) is 0 Å². The summed E-state index contributed by atoms with van der Waals surface area (Å²) in [6, 6.07) is 9.13. The molecule has 17 heavy (non-hydrogen) atoms. The second kappa shape index (κ2) is 4.74. The van der Waals surface area contributed by atoms with Crippen molar-refractivity contribution in [2.24, 2.45) is 0 Å². The predicted molar refractivity (Wildman–Crippen MR) is 74.6 cm³/mol. The highest BCUT2D eigenvalue weighted by Crippen LogP contribution is 2.22. The number of pyridine rings is 1. The minimum atomic E-state index is 0.412. The Morgan fingerprint density at radius 2 is 1.76 bits per heavy atom. The molecule has 0 bridgehead atoms. The highest BCUT2D eigenvalue weighted by atomic mass is 15.0. The Balaban J connectivity index is 2.39. The van der Waals surface area contributed by atoms with Gasteiger partial charge in [0.2, 0.25) is 0 Å². The van der Waals surface area contributed by atoms with Crippen molar-refractivity contribution in [3.63, 3.8) is 0 Å². The molecule has 1 aromatic carbocycles. The molecule has 0 fully saturated rings. The van der Waals surface area contributed by atoms with Gasteiger partial charge in [0, 0.05) is 17.6 Å². The minimum absolute atomic E-state index is 0.412. The van der Waals surface area contributed by atoms with E-state index >= 15 is 0 Å². The molecule has 2 aromatic rings. The molecule has 0 radical (unpaired) electrons. The van der Waals surface area contributed by atoms with Gasteiger partial charge in [0.1, 0.15) is 5.82 Å². The topological polar surface area (TPSA) is 24.9 Å². The SMILES string of the molecule is CC(C)Nc1cc2ccc(C(C)C)cc2cn1. The van der Waals surface area contributed by atoms with Gasteiger partial charge in [0.05, 0.1) is 0 Å². The van der Waals surface area contributed by atoms with Crippen LogP contribution in [-0.4, -0.2) is 11.0 Å². The normalized spacial score (nSPS) is 11.4. The largest absolute Gasteiger partial charge is 0.368 e. The Labute approximate surface area is 103 Å². The quantitative estimate of drug-likeness (QED) is 0.852. The third-order valence-electron chi connectivity index (χ3n) is 2.85. The van der Waals surface area contributed by atoms with Crippen LogP contribution in [0.4, 0.5) is 5.82 Å². The van der Waals surface area contributed by atoms with Crippen LogP contribution in [0.1, 0.15) is 39.2 Å². The first kappa shape index (κ1) is 11.9. The standard InChI is InChI=1S/C15H20N2/c1-10(2)12-5-6-13-8-15(17-11(3)4)16-9-14(13)7-12/h5-11H,1-4H3,(H,16,17). The average molecular weight is 228 g/mol. The van der Waals surface area contributed by atoms with Crippen molar-refractivity contribution >= 4 is 16.6 Å². The van der Waals surface area contributed by atoms with Gasteiger partial charge < -0.3 is 5.32 Å². The number of anilines is 1. The summed E-state index contributed by atoms with van der Waals surface area (Å²) in [5.41, 5.74) is 1.36. The monoisotopic (exact) mass is 228 g/mol. The highest BCUT2D eigenvalue weighted by molar-refractivity contribution is 5.84. The van der Waals surface area contributed by atoms with Crippen LogP contribution in [0.2, 0.25) is 0 Å². The first-order chi connectivity index (χ1) is 8.06. The van der Waals surface area contributed by atoms with Crippen LogP contribution in [0.25, 0.3) is 10.8 Å². The molecule has 0 aliphatic rings. The van der Waals surface area contributed by atoms with Crippen molar-refractivity contribution in [2.45, 2.75) is 39.7 Å². The first-order valence-corrected chi connectivity index (χ1v) is 6.22. The molecule has 0 aliphatic carbocycles. The summed E-state index contributed by atoms with van der Waals surface area (Å²) in [6.07, 6.45) is 1.95. The summed E-state index contributed by atoms with van der Waals surface area (Å²) in [5, 5.41) is 5.78. The first-order valence-electron chi connectivity index (χ1n) is 6.22. The molecule has 1 aromatic heterocycles. The van der Waals surface area contributed by atoms with Crippen LogP contribution in [0.5, 0.6) is 0 Å². The van der Waals surface area contributed by atoms with Crippen molar-refractivity contribution < 1.29 is 0 Å². The Bertz CT molecular complexity index is 515. The molecule has 0 unspecified atom stereocenters. The van der Waals surface area contributed by atoms with Crippen LogP contribution in [0.3, 0.4) is 0 Å². The molecular weight excluding hydrogens is 208 g/mol. The maximum absolute atomic E-state index is 4.44. The Morgan fingerprint density at radius 3 is 2.41 bits per heavy atom. The van der Waals surface area contributed by atoms with E-state index in [1.807, 2.05) is 6.20 Å². The van der Waals surface area contributed by atoms with E-state index in [1.165, 1.54) is 16.3 Å². The number of hydrogen-bond donors (Lipinski definition) is 1. The van der Waals surface area contributed by atoms with E-state index in [-0.39, 0.29) is 0 Å². The summed E-state index contributed by atoms with van der Waals surface area (Å²) < 4.78 is 0. The van der Waals surface area contributed by atoms with Crippen LogP contribution in [-0.2, 0) is 0 Å². The van der Waals surface area contributed by atoms with Crippen molar-refractivity contribution in [1.82, 2.24) is 4.98 Å². The van der Waals surface area contributed by atoms with E-state index in [0.29, 0.717) is 12.0 Å². The van der Waals surface area contributed by atoms with E-state index in [4.69, 9.17) is 0 Å². The molecule has 2 heteroatoms. The number of aromatic nitrogens is 1. The molecule has 0 saturated carbocycles. The molecule has 90 valence electrons. The summed E-state index contributed by atoms with van der Waals surface area (Å²) in [4.78, 5) is 4.44. The lowest BCUT2D eigenvalue weighted by atomic mass is 10.0. The van der Waals surface area contributed by atoms with Gasteiger partial charge in [-0.3, -0.25) is 0 Å². The van der Waals surface area contributed by atoms with Gasteiger partial charge >= 0.3 is 0 Å². The van der Waals surface area contributed by atoms with Crippen LogP contribution in [0.15, 0.2) is 30.5 Å². The summed E-state index contributed by atoms with van der Waals surface area (Å²) in [5.74, 6) is 1.51. The van der Waals surface area contributed by atoms with Crippen molar-refractivity contribution in [2.75, 3.05) is 5.32 Å². The number of hydrogen-bond acceptors (Lipinski definition) is 2. The van der Waals surface area contributed by atoms with Crippen molar-refractivity contribution in [1.29, 1.82) is 0 Å². The molecule has 2 nitrogen and oxygen atoms in total. The zero-order chi connectivity index (χ0) is 12.4. The molecular formula is C15H20N2. The van der Waals surface area contributed by atoms with Crippen LogP contribution < -0.4 is 5.32 Å². The lowest BCUT2D eigenvalue weighted by Gasteiger charge is -2.11. The average Bonchev–Trinajstić information content (AvgIpc) is 2.27. The fourth-order valence-electron chi connectivity index (χ4n) is 1.89. The van der Waals surface area contributed by atoms with E-state index < -0.39 is 0 Å². The fourth-order valence-corrected chi connectivity index (χ4v) is 1.89. The molecule has 0 aliphatic heterocycles. The van der Waals surface area contributed by atoms with Crippen molar-refractivity contribution in [3.05, 3.63) is 36.0 Å². The third kappa shape index (κ3) is 2.76. The smallest absolute Gasteiger partial charge is 0.126 e. The number of benzene rings is 1. The minimum Gasteiger partial charge on any atom is -0.368 e. The van der Waals surface area contributed by atoms with Gasteiger partial charge in [-0.2, -0.15) is 0 Å². The number of rotatable bonds is 3. The molecule has 2 rings (SSSR count). The molecule has 1 N–H and O–H groups in total. The molecule has 0 saturated heterocycles. The Morgan fingerprint density at radius 1 is 1.00 bits per heavy atom. The molecule has 0 amide bonds. The summed E-state index contributed by atoms with van der Waals surface area (Å²) >= 11 is 0. The van der Waals surface area contributed by atoms with Gasteiger partial charge in [0.15, 0.2) is 0 Å². The van der Waals surface area contributed by atoms with Gasteiger partial charge in [-0.1, -0.05) is 26.0 Å². The number of fused-ring (bicyclic) bond motifs is 1. The zero-order valence-electron chi connectivity index (χ0n) is 11.0.